The van der Waals surface area contributed by atoms with Crippen LogP contribution in [-0.4, -0.2) is 31.8 Å². The van der Waals surface area contributed by atoms with Crippen molar-refractivity contribution >= 4 is 11.7 Å². The van der Waals surface area contributed by atoms with Crippen LogP contribution in [0.25, 0.3) is 0 Å². The topological polar surface area (TPSA) is 85.6 Å². The zero-order valence-electron chi connectivity index (χ0n) is 13.5. The third-order valence-electron chi connectivity index (χ3n) is 3.20. The molecule has 2 aromatic rings. The van der Waals surface area contributed by atoms with Gasteiger partial charge in [-0.05, 0) is 24.6 Å². The highest BCUT2D eigenvalue weighted by molar-refractivity contribution is 5.89. The number of benzene rings is 1. The number of nitrogens with one attached hydrogen (secondary N) is 2. The highest BCUT2D eigenvalue weighted by Crippen LogP contribution is 2.27. The van der Waals surface area contributed by atoms with Crippen LogP contribution >= 0.6 is 0 Å². The molecule has 0 aliphatic rings. The van der Waals surface area contributed by atoms with Crippen molar-refractivity contribution in [1.29, 1.82) is 0 Å². The van der Waals surface area contributed by atoms with E-state index in [9.17, 15) is 4.79 Å². The molecule has 0 bridgehead atoms. The summed E-state index contributed by atoms with van der Waals surface area (Å²) in [5.41, 5.74) is 1.05. The van der Waals surface area contributed by atoms with Gasteiger partial charge < -0.3 is 24.6 Å². The number of hydrogen-bond donors (Lipinski definition) is 2. The SMILES string of the molecule is COc1ccc(CNCCC(=O)Nc2cc(C)on2)cc1OC. The number of amides is 1. The number of carbonyl (C=O) groups excluding carboxylic acids is 1. The standard InChI is InChI=1S/C16H21N3O4/c1-11-8-15(19-23-11)18-16(20)6-7-17-10-12-4-5-13(21-2)14(9-12)22-3/h4-5,8-9,17H,6-7,10H2,1-3H3,(H,18,19,20). The predicted octanol–water partition coefficient (Wildman–Crippen LogP) is 2.12. The second kappa shape index (κ2) is 8.19. The van der Waals surface area contributed by atoms with Gasteiger partial charge in [0.15, 0.2) is 17.3 Å². The van der Waals surface area contributed by atoms with Crippen molar-refractivity contribution in [2.75, 3.05) is 26.1 Å². The van der Waals surface area contributed by atoms with Crippen LogP contribution in [0.3, 0.4) is 0 Å². The van der Waals surface area contributed by atoms with E-state index < -0.39 is 0 Å². The van der Waals surface area contributed by atoms with E-state index in [1.807, 2.05) is 18.2 Å². The van der Waals surface area contributed by atoms with Crippen molar-refractivity contribution < 1.29 is 18.8 Å². The first-order chi connectivity index (χ1) is 11.1. The Morgan fingerprint density at radius 3 is 2.65 bits per heavy atom. The fourth-order valence-electron chi connectivity index (χ4n) is 2.06. The Morgan fingerprint density at radius 2 is 2.00 bits per heavy atom. The van der Waals surface area contributed by atoms with Crippen LogP contribution in [0.4, 0.5) is 5.82 Å². The largest absolute Gasteiger partial charge is 0.493 e. The molecule has 2 rings (SSSR count). The number of hydrogen-bond acceptors (Lipinski definition) is 6. The van der Waals surface area contributed by atoms with Gasteiger partial charge in [-0.3, -0.25) is 4.79 Å². The Morgan fingerprint density at radius 1 is 1.22 bits per heavy atom. The number of aryl methyl sites for hydroxylation is 1. The van der Waals surface area contributed by atoms with Crippen molar-refractivity contribution in [3.63, 3.8) is 0 Å². The fraction of sp³-hybridized carbons (Fsp3) is 0.375. The molecule has 23 heavy (non-hydrogen) atoms. The third kappa shape index (κ3) is 5.00. The van der Waals surface area contributed by atoms with Gasteiger partial charge in [-0.2, -0.15) is 0 Å². The molecule has 1 aromatic carbocycles. The second-order valence-corrected chi connectivity index (χ2v) is 4.99. The maximum atomic E-state index is 11.7. The normalized spacial score (nSPS) is 10.4. The lowest BCUT2D eigenvalue weighted by atomic mass is 10.2. The number of nitrogens with zero attached hydrogens (tertiary/aromatic N) is 1. The predicted molar refractivity (Wildman–Crippen MR) is 85.7 cm³/mol. The molecule has 0 atom stereocenters. The minimum atomic E-state index is -0.113. The average Bonchev–Trinajstić information content (AvgIpc) is 2.96. The fourth-order valence-corrected chi connectivity index (χ4v) is 2.06. The van der Waals surface area contributed by atoms with Gasteiger partial charge in [-0.1, -0.05) is 11.2 Å². The van der Waals surface area contributed by atoms with E-state index in [4.69, 9.17) is 14.0 Å². The molecule has 124 valence electrons. The Bertz CT molecular complexity index is 655. The summed E-state index contributed by atoms with van der Waals surface area (Å²) in [7, 11) is 3.20. The highest BCUT2D eigenvalue weighted by atomic mass is 16.5. The quantitative estimate of drug-likeness (QED) is 0.725. The number of rotatable bonds is 8. The summed E-state index contributed by atoms with van der Waals surface area (Å²) >= 11 is 0. The first-order valence-electron chi connectivity index (χ1n) is 7.27. The number of ether oxygens (including phenoxy) is 2. The van der Waals surface area contributed by atoms with Crippen molar-refractivity contribution in [3.8, 4) is 11.5 Å². The van der Waals surface area contributed by atoms with Crippen molar-refractivity contribution in [2.24, 2.45) is 0 Å². The molecule has 0 aliphatic carbocycles. The number of anilines is 1. The minimum absolute atomic E-state index is 0.113. The van der Waals surface area contributed by atoms with Gasteiger partial charge in [0.25, 0.3) is 0 Å². The van der Waals surface area contributed by atoms with E-state index in [0.29, 0.717) is 42.6 Å². The maximum Gasteiger partial charge on any atom is 0.226 e. The summed E-state index contributed by atoms with van der Waals surface area (Å²) in [4.78, 5) is 11.7. The number of methoxy groups -OCH3 is 2. The van der Waals surface area contributed by atoms with Gasteiger partial charge in [0.2, 0.25) is 5.91 Å². The van der Waals surface area contributed by atoms with Gasteiger partial charge in [0.05, 0.1) is 14.2 Å². The van der Waals surface area contributed by atoms with Crippen LogP contribution in [0.15, 0.2) is 28.8 Å². The van der Waals surface area contributed by atoms with E-state index in [1.54, 1.807) is 27.2 Å². The lowest BCUT2D eigenvalue weighted by molar-refractivity contribution is -0.116. The number of aromatic nitrogens is 1. The molecule has 0 aliphatic heterocycles. The lowest BCUT2D eigenvalue weighted by Crippen LogP contribution is -2.21. The number of carbonyl (C=O) groups is 1. The van der Waals surface area contributed by atoms with E-state index in [0.717, 1.165) is 5.56 Å². The molecule has 0 saturated heterocycles. The van der Waals surface area contributed by atoms with Crippen LogP contribution in [0, 0.1) is 6.92 Å². The Kier molecular flexibility index (Phi) is 5.99. The summed E-state index contributed by atoms with van der Waals surface area (Å²) in [5.74, 6) is 2.36. The average molecular weight is 319 g/mol. The first-order valence-corrected chi connectivity index (χ1v) is 7.27. The summed E-state index contributed by atoms with van der Waals surface area (Å²) in [5, 5.41) is 9.60. The molecule has 2 N–H and O–H groups in total. The van der Waals surface area contributed by atoms with Crippen LogP contribution < -0.4 is 20.1 Å². The van der Waals surface area contributed by atoms with E-state index in [1.165, 1.54) is 0 Å². The Labute approximate surface area is 134 Å². The maximum absolute atomic E-state index is 11.7. The van der Waals surface area contributed by atoms with Crippen LogP contribution in [-0.2, 0) is 11.3 Å². The van der Waals surface area contributed by atoms with Crippen LogP contribution in [0.1, 0.15) is 17.7 Å². The molecular formula is C16H21N3O4. The zero-order valence-corrected chi connectivity index (χ0v) is 13.5. The molecule has 0 saturated carbocycles. The van der Waals surface area contributed by atoms with E-state index in [-0.39, 0.29) is 5.91 Å². The molecule has 7 nitrogen and oxygen atoms in total. The molecular weight excluding hydrogens is 298 g/mol. The van der Waals surface area contributed by atoms with Crippen molar-refractivity contribution in [3.05, 3.63) is 35.6 Å². The molecule has 1 amide bonds. The molecule has 0 spiro atoms. The second-order valence-electron chi connectivity index (χ2n) is 4.99. The molecule has 1 aromatic heterocycles. The van der Waals surface area contributed by atoms with Crippen molar-refractivity contribution in [2.45, 2.75) is 19.9 Å². The van der Waals surface area contributed by atoms with Crippen molar-refractivity contribution in [1.82, 2.24) is 10.5 Å². The van der Waals surface area contributed by atoms with Gasteiger partial charge in [-0.25, -0.2) is 0 Å². The summed E-state index contributed by atoms with van der Waals surface area (Å²) in [6.45, 7) is 2.96. The minimum Gasteiger partial charge on any atom is -0.493 e. The van der Waals surface area contributed by atoms with Gasteiger partial charge in [0.1, 0.15) is 5.76 Å². The van der Waals surface area contributed by atoms with Gasteiger partial charge in [-0.15, -0.1) is 0 Å². The van der Waals surface area contributed by atoms with Gasteiger partial charge >= 0.3 is 0 Å². The smallest absolute Gasteiger partial charge is 0.226 e. The molecule has 1 heterocycles. The monoisotopic (exact) mass is 319 g/mol. The van der Waals surface area contributed by atoms with E-state index in [2.05, 4.69) is 15.8 Å². The van der Waals surface area contributed by atoms with Crippen LogP contribution in [0.2, 0.25) is 0 Å². The Balaban J connectivity index is 1.73. The lowest BCUT2D eigenvalue weighted by Gasteiger charge is -2.10. The van der Waals surface area contributed by atoms with Gasteiger partial charge in [0, 0.05) is 25.6 Å². The van der Waals surface area contributed by atoms with E-state index >= 15 is 0 Å². The molecule has 7 heteroatoms. The molecule has 0 fully saturated rings. The zero-order chi connectivity index (χ0) is 16.7. The first kappa shape index (κ1) is 16.8. The third-order valence-corrected chi connectivity index (χ3v) is 3.20. The summed E-state index contributed by atoms with van der Waals surface area (Å²) < 4.78 is 15.3. The summed E-state index contributed by atoms with van der Waals surface area (Å²) in [6, 6.07) is 7.39. The Hall–Kier alpha value is -2.54. The summed E-state index contributed by atoms with van der Waals surface area (Å²) in [6.07, 6.45) is 0.346. The highest BCUT2D eigenvalue weighted by Gasteiger charge is 2.07. The molecule has 0 unspecified atom stereocenters. The molecule has 0 radical (unpaired) electrons. The van der Waals surface area contributed by atoms with Crippen LogP contribution in [0.5, 0.6) is 11.5 Å².